The van der Waals surface area contributed by atoms with Crippen molar-refractivity contribution in [1.29, 1.82) is 0 Å². The molecule has 1 aliphatic rings. The molecule has 0 radical (unpaired) electrons. The maximum Gasteiger partial charge on any atom is 0.262 e. The van der Waals surface area contributed by atoms with Gasteiger partial charge in [0.1, 0.15) is 23.5 Å². The third-order valence-corrected chi connectivity index (χ3v) is 8.85. The lowest BCUT2D eigenvalue weighted by molar-refractivity contribution is 0.0968. The third-order valence-electron chi connectivity index (χ3n) is 7.70. The molecule has 11 nitrogen and oxygen atoms in total. The summed E-state index contributed by atoms with van der Waals surface area (Å²) in [5.74, 6) is -0.596. The minimum atomic E-state index is -0.657. The van der Waals surface area contributed by atoms with Crippen LogP contribution in [0.25, 0.3) is 43.0 Å². The first-order valence-electron chi connectivity index (χ1n) is 13.8. The zero-order chi connectivity index (χ0) is 28.9. The van der Waals surface area contributed by atoms with Crippen molar-refractivity contribution in [2.75, 3.05) is 18.0 Å². The maximum absolute atomic E-state index is 15.8. The van der Waals surface area contributed by atoms with Crippen LogP contribution in [0.1, 0.15) is 23.2 Å². The van der Waals surface area contributed by atoms with Crippen molar-refractivity contribution < 1.29 is 9.18 Å². The molecule has 1 N–H and O–H groups in total. The number of halogens is 1. The number of carbonyl (C=O) groups excluding carboxylic acids is 1. The molecule has 1 amide bonds. The molecule has 212 valence electrons. The first-order valence-corrected chi connectivity index (χ1v) is 14.6. The average Bonchev–Trinajstić information content (AvgIpc) is 3.80. The van der Waals surface area contributed by atoms with Crippen LogP contribution in [0.2, 0.25) is 0 Å². The monoisotopic (exact) mass is 590 g/mol. The second kappa shape index (κ2) is 10.3. The highest BCUT2D eigenvalue weighted by Gasteiger charge is 2.32. The van der Waals surface area contributed by atoms with Gasteiger partial charge in [-0.3, -0.25) is 9.69 Å². The van der Waals surface area contributed by atoms with Crippen LogP contribution in [-0.4, -0.2) is 64.6 Å². The number of carbonyl (C=O) groups is 1. The SMILES string of the molecule is O=C(c1ccc(-n2nnc3cccnc32)cc1F)N(c1nccc2sc(-c3ccc4ncnn4c3)cc12)[C@@H]1CCCNC1. The Kier molecular flexibility index (Phi) is 6.12. The average molecular weight is 591 g/mol. The van der Waals surface area contributed by atoms with Gasteiger partial charge in [-0.25, -0.2) is 23.9 Å². The number of benzene rings is 1. The van der Waals surface area contributed by atoms with Gasteiger partial charge in [0.05, 0.1) is 17.3 Å². The Hall–Kier alpha value is -5.14. The molecule has 0 bridgehead atoms. The van der Waals surface area contributed by atoms with Gasteiger partial charge in [-0.05, 0) is 67.9 Å². The molecule has 43 heavy (non-hydrogen) atoms. The molecule has 0 aliphatic carbocycles. The van der Waals surface area contributed by atoms with E-state index in [9.17, 15) is 4.79 Å². The van der Waals surface area contributed by atoms with Gasteiger partial charge >= 0.3 is 0 Å². The molecule has 1 aromatic carbocycles. The zero-order valence-corrected chi connectivity index (χ0v) is 23.4. The molecule has 7 heterocycles. The summed E-state index contributed by atoms with van der Waals surface area (Å²) >= 11 is 1.60. The highest BCUT2D eigenvalue weighted by Crippen LogP contribution is 2.39. The Bertz CT molecular complexity index is 2150. The zero-order valence-electron chi connectivity index (χ0n) is 22.6. The summed E-state index contributed by atoms with van der Waals surface area (Å²) in [6, 6.07) is 15.7. The molecule has 6 aromatic heterocycles. The van der Waals surface area contributed by atoms with Crippen LogP contribution in [0.3, 0.4) is 0 Å². The smallest absolute Gasteiger partial charge is 0.262 e. The highest BCUT2D eigenvalue weighted by atomic mass is 32.1. The van der Waals surface area contributed by atoms with Gasteiger partial charge < -0.3 is 5.32 Å². The Labute approximate surface area is 247 Å². The molecule has 0 saturated carbocycles. The lowest BCUT2D eigenvalue weighted by Gasteiger charge is -2.34. The minimum absolute atomic E-state index is 0.0439. The van der Waals surface area contributed by atoms with E-state index >= 15 is 4.39 Å². The summed E-state index contributed by atoms with van der Waals surface area (Å²) < 4.78 is 20.0. The fraction of sp³-hybridized carbons (Fsp3) is 0.167. The second-order valence-electron chi connectivity index (χ2n) is 10.3. The number of nitrogens with one attached hydrogen (secondary N) is 1. The van der Waals surface area contributed by atoms with E-state index < -0.39 is 11.7 Å². The molecule has 13 heteroatoms. The fourth-order valence-corrected chi connectivity index (χ4v) is 6.65. The number of amides is 1. The van der Waals surface area contributed by atoms with E-state index in [0.717, 1.165) is 45.6 Å². The molecule has 0 spiro atoms. The lowest BCUT2D eigenvalue weighted by Crippen LogP contribution is -2.49. The van der Waals surface area contributed by atoms with Gasteiger partial charge in [0.25, 0.3) is 5.91 Å². The van der Waals surface area contributed by atoms with E-state index in [1.54, 1.807) is 51.3 Å². The highest BCUT2D eigenvalue weighted by molar-refractivity contribution is 7.22. The number of fused-ring (bicyclic) bond motifs is 3. The standard InChI is InChI=1S/C30H23FN10OS/c31-23-13-19(41-29-24(37-38-41)4-2-11-33-29)6-7-21(23)30(42)40(20-3-1-10-32-15-20)28-22-14-26(43-25(22)9-12-34-28)18-5-8-27-35-17-36-39(27)16-18/h2,4-9,11-14,16-17,20,32H,1,3,10,15H2/t20-/m1/s1. The van der Waals surface area contributed by atoms with Crippen LogP contribution in [0, 0.1) is 5.82 Å². The van der Waals surface area contributed by atoms with Crippen molar-refractivity contribution in [2.24, 2.45) is 0 Å². The van der Waals surface area contributed by atoms with Crippen LogP contribution in [0.15, 0.2) is 79.5 Å². The van der Waals surface area contributed by atoms with E-state index in [1.165, 1.54) is 23.1 Å². The van der Waals surface area contributed by atoms with Crippen molar-refractivity contribution in [3.63, 3.8) is 0 Å². The predicted octanol–water partition coefficient (Wildman–Crippen LogP) is 4.67. The minimum Gasteiger partial charge on any atom is -0.315 e. The van der Waals surface area contributed by atoms with Crippen molar-refractivity contribution in [2.45, 2.75) is 18.9 Å². The predicted molar refractivity (Wildman–Crippen MR) is 161 cm³/mol. The van der Waals surface area contributed by atoms with Crippen LogP contribution in [0.4, 0.5) is 10.2 Å². The van der Waals surface area contributed by atoms with E-state index in [-0.39, 0.29) is 11.6 Å². The molecule has 7 aromatic rings. The summed E-state index contributed by atoms with van der Waals surface area (Å²) in [4.78, 5) is 30.2. The lowest BCUT2D eigenvalue weighted by atomic mass is 10.0. The van der Waals surface area contributed by atoms with E-state index in [1.807, 2.05) is 30.5 Å². The summed E-state index contributed by atoms with van der Waals surface area (Å²) in [6.45, 7) is 1.45. The molecule has 1 atom stereocenters. The number of hydrogen-bond donors (Lipinski definition) is 1. The Morgan fingerprint density at radius 2 is 2.02 bits per heavy atom. The Morgan fingerprint density at radius 1 is 1.07 bits per heavy atom. The first-order chi connectivity index (χ1) is 21.1. The van der Waals surface area contributed by atoms with Crippen LogP contribution in [-0.2, 0) is 0 Å². The van der Waals surface area contributed by atoms with Crippen molar-refractivity contribution >= 4 is 50.0 Å². The van der Waals surface area contributed by atoms with Gasteiger partial charge in [-0.15, -0.1) is 16.4 Å². The number of rotatable bonds is 5. The molecule has 1 saturated heterocycles. The first kappa shape index (κ1) is 25.6. The number of nitrogens with zero attached hydrogens (tertiary/aromatic N) is 9. The van der Waals surface area contributed by atoms with Gasteiger partial charge in [0, 0.05) is 51.7 Å². The third kappa shape index (κ3) is 4.40. The van der Waals surface area contributed by atoms with Crippen molar-refractivity contribution in [3.8, 4) is 16.1 Å². The van der Waals surface area contributed by atoms with Gasteiger partial charge in [0.2, 0.25) is 0 Å². The second-order valence-corrected chi connectivity index (χ2v) is 11.4. The van der Waals surface area contributed by atoms with Gasteiger partial charge in [0.15, 0.2) is 11.3 Å². The van der Waals surface area contributed by atoms with Crippen LogP contribution >= 0.6 is 11.3 Å². The fourth-order valence-electron chi connectivity index (χ4n) is 5.61. The quantitative estimate of drug-likeness (QED) is 0.307. The van der Waals surface area contributed by atoms with Crippen LogP contribution in [0.5, 0.6) is 0 Å². The number of anilines is 1. The number of piperidine rings is 1. The molecule has 0 unspecified atom stereocenters. The number of aromatic nitrogens is 8. The Morgan fingerprint density at radius 3 is 2.91 bits per heavy atom. The molecular weight excluding hydrogens is 567 g/mol. The molecule has 8 rings (SSSR count). The summed E-state index contributed by atoms with van der Waals surface area (Å²) in [7, 11) is 0. The molecule has 1 aliphatic heterocycles. The summed E-state index contributed by atoms with van der Waals surface area (Å²) in [6.07, 6.45) is 8.45. The van der Waals surface area contributed by atoms with Crippen molar-refractivity contribution in [3.05, 3.63) is 90.9 Å². The van der Waals surface area contributed by atoms with E-state index in [4.69, 9.17) is 4.98 Å². The van der Waals surface area contributed by atoms with E-state index in [2.05, 4.69) is 30.7 Å². The molecule has 1 fully saturated rings. The maximum atomic E-state index is 15.8. The Balaban J connectivity index is 1.21. The normalized spacial score (nSPS) is 15.4. The van der Waals surface area contributed by atoms with E-state index in [0.29, 0.717) is 29.2 Å². The summed E-state index contributed by atoms with van der Waals surface area (Å²) in [5, 5.41) is 16.7. The topological polar surface area (TPSA) is 119 Å². The number of hydrogen-bond acceptors (Lipinski definition) is 9. The van der Waals surface area contributed by atoms with Crippen LogP contribution < -0.4 is 10.2 Å². The van der Waals surface area contributed by atoms with Gasteiger partial charge in [-0.2, -0.15) is 9.78 Å². The summed E-state index contributed by atoms with van der Waals surface area (Å²) in [5.41, 5.74) is 3.21. The molecular formula is C30H23FN10OS. The van der Waals surface area contributed by atoms with Gasteiger partial charge in [-0.1, -0.05) is 5.21 Å². The number of thiophene rings is 1. The van der Waals surface area contributed by atoms with Crippen molar-refractivity contribution in [1.82, 2.24) is 44.9 Å². The largest absolute Gasteiger partial charge is 0.315 e. The number of pyridine rings is 3.